The normalized spacial score (nSPS) is 17.7. The average Bonchev–Trinajstić information content (AvgIpc) is 3.29. The van der Waals surface area contributed by atoms with Crippen LogP contribution >= 0.6 is 11.6 Å². The summed E-state index contributed by atoms with van der Waals surface area (Å²) in [6.07, 6.45) is 7.50. The monoisotopic (exact) mass is 493 g/mol. The maximum atomic E-state index is 13.2. The van der Waals surface area contributed by atoms with Crippen LogP contribution in [0, 0.1) is 12.8 Å². The van der Waals surface area contributed by atoms with Crippen molar-refractivity contribution in [2.45, 2.75) is 45.4 Å². The standard InChI is InChI=1S/C27H32ClN5O2/c1-18-5-10-31(11-6-18)26(34)23-17-29-33-14-9-21(15-25(23)33)20-7-12-32(13-8-20)27(35)30-24-16-22(28)4-3-19(24)2/h3-4,9,14-18,20H,5-8,10-13H2,1-2H3,(H,30,35). The number of carbonyl (C=O) groups is 2. The molecular formula is C27H32ClN5O2. The van der Waals surface area contributed by atoms with Crippen LogP contribution in [0.5, 0.6) is 0 Å². The summed E-state index contributed by atoms with van der Waals surface area (Å²) in [5.41, 5.74) is 4.47. The van der Waals surface area contributed by atoms with Crippen LogP contribution in [0.4, 0.5) is 10.5 Å². The zero-order valence-corrected chi connectivity index (χ0v) is 21.1. The fraction of sp³-hybridized carbons (Fsp3) is 0.444. The van der Waals surface area contributed by atoms with Gasteiger partial charge >= 0.3 is 6.03 Å². The minimum Gasteiger partial charge on any atom is -0.339 e. The van der Waals surface area contributed by atoms with Crippen LogP contribution in [0.15, 0.2) is 42.7 Å². The minimum atomic E-state index is -0.0937. The molecule has 3 aromatic rings. The van der Waals surface area contributed by atoms with Gasteiger partial charge in [-0.1, -0.05) is 24.6 Å². The molecule has 2 saturated heterocycles. The zero-order valence-electron chi connectivity index (χ0n) is 20.3. The number of halogens is 1. The van der Waals surface area contributed by atoms with Crippen LogP contribution in [0.2, 0.25) is 5.02 Å². The van der Waals surface area contributed by atoms with E-state index >= 15 is 0 Å². The summed E-state index contributed by atoms with van der Waals surface area (Å²) >= 11 is 6.09. The second kappa shape index (κ2) is 9.90. The van der Waals surface area contributed by atoms with Crippen LogP contribution in [0.25, 0.3) is 5.52 Å². The van der Waals surface area contributed by atoms with E-state index in [1.807, 2.05) is 35.1 Å². The van der Waals surface area contributed by atoms with Crippen molar-refractivity contribution in [2.75, 3.05) is 31.5 Å². The molecule has 0 unspecified atom stereocenters. The number of rotatable bonds is 3. The molecule has 0 saturated carbocycles. The Morgan fingerprint density at radius 3 is 2.46 bits per heavy atom. The first kappa shape index (κ1) is 23.7. The fourth-order valence-electron chi connectivity index (χ4n) is 5.14. The quantitative estimate of drug-likeness (QED) is 0.517. The minimum absolute atomic E-state index is 0.0758. The predicted octanol–water partition coefficient (Wildman–Crippen LogP) is 5.58. The Labute approximate surface area is 211 Å². The van der Waals surface area contributed by atoms with Crippen LogP contribution in [0.3, 0.4) is 0 Å². The number of anilines is 1. The molecule has 4 heterocycles. The van der Waals surface area contributed by atoms with Gasteiger partial charge in [0.1, 0.15) is 0 Å². The van der Waals surface area contributed by atoms with Gasteiger partial charge in [-0.3, -0.25) is 4.79 Å². The number of pyridine rings is 1. The second-order valence-electron chi connectivity index (χ2n) is 9.97. The van der Waals surface area contributed by atoms with Gasteiger partial charge in [0.05, 0.1) is 17.3 Å². The lowest BCUT2D eigenvalue weighted by atomic mass is 9.89. The summed E-state index contributed by atoms with van der Waals surface area (Å²) in [6, 6.07) is 9.62. The molecule has 0 aliphatic carbocycles. The number of carbonyl (C=O) groups excluding carboxylic acids is 2. The Morgan fingerprint density at radius 2 is 1.71 bits per heavy atom. The molecule has 0 radical (unpaired) electrons. The summed E-state index contributed by atoms with van der Waals surface area (Å²) in [7, 11) is 0. The Morgan fingerprint density at radius 1 is 1.00 bits per heavy atom. The van der Waals surface area contributed by atoms with Crippen molar-refractivity contribution in [2.24, 2.45) is 5.92 Å². The number of hydrogen-bond acceptors (Lipinski definition) is 3. The molecule has 1 N–H and O–H groups in total. The topological polar surface area (TPSA) is 70.0 Å². The molecule has 0 atom stereocenters. The second-order valence-corrected chi connectivity index (χ2v) is 10.4. The molecule has 0 spiro atoms. The molecule has 0 bridgehead atoms. The van der Waals surface area contributed by atoms with E-state index in [1.54, 1.807) is 16.8 Å². The van der Waals surface area contributed by atoms with Gasteiger partial charge in [-0.2, -0.15) is 5.10 Å². The summed E-state index contributed by atoms with van der Waals surface area (Å²) in [4.78, 5) is 29.8. The van der Waals surface area contributed by atoms with Crippen molar-refractivity contribution in [1.29, 1.82) is 0 Å². The average molecular weight is 494 g/mol. The van der Waals surface area contributed by atoms with E-state index in [0.717, 1.165) is 55.5 Å². The Hall–Kier alpha value is -3.06. The number of amides is 3. The number of likely N-dealkylation sites (tertiary alicyclic amines) is 2. The first-order valence-electron chi connectivity index (χ1n) is 12.5. The summed E-state index contributed by atoms with van der Waals surface area (Å²) < 4.78 is 1.79. The van der Waals surface area contributed by atoms with Crippen molar-refractivity contribution in [3.63, 3.8) is 0 Å². The third-order valence-corrected chi connectivity index (χ3v) is 7.78. The molecule has 2 fully saturated rings. The van der Waals surface area contributed by atoms with Gasteiger partial charge in [-0.25, -0.2) is 9.31 Å². The van der Waals surface area contributed by atoms with Crippen molar-refractivity contribution in [3.05, 3.63) is 64.4 Å². The van der Waals surface area contributed by atoms with Crippen molar-refractivity contribution < 1.29 is 9.59 Å². The highest BCUT2D eigenvalue weighted by Crippen LogP contribution is 2.30. The van der Waals surface area contributed by atoms with Gasteiger partial charge in [0.15, 0.2) is 0 Å². The van der Waals surface area contributed by atoms with Gasteiger partial charge in [0.2, 0.25) is 0 Å². The van der Waals surface area contributed by atoms with Crippen molar-refractivity contribution in [3.8, 4) is 0 Å². The van der Waals surface area contributed by atoms with Gasteiger partial charge < -0.3 is 15.1 Å². The summed E-state index contributed by atoms with van der Waals surface area (Å²) in [6.45, 7) is 7.18. The first-order chi connectivity index (χ1) is 16.9. The molecular weight excluding hydrogens is 462 g/mol. The van der Waals surface area contributed by atoms with E-state index in [0.29, 0.717) is 35.5 Å². The number of fused-ring (bicyclic) bond motifs is 1. The smallest absolute Gasteiger partial charge is 0.321 e. The molecule has 5 rings (SSSR count). The molecule has 7 nitrogen and oxygen atoms in total. The number of aromatic nitrogens is 2. The number of nitrogens with zero attached hydrogens (tertiary/aromatic N) is 4. The highest BCUT2D eigenvalue weighted by atomic mass is 35.5. The van der Waals surface area contributed by atoms with E-state index in [4.69, 9.17) is 11.6 Å². The maximum absolute atomic E-state index is 13.2. The van der Waals surface area contributed by atoms with E-state index in [1.165, 1.54) is 5.56 Å². The lowest BCUT2D eigenvalue weighted by molar-refractivity contribution is 0.0699. The lowest BCUT2D eigenvalue weighted by Crippen LogP contribution is -2.40. The largest absolute Gasteiger partial charge is 0.339 e. The Bertz CT molecular complexity index is 1240. The van der Waals surface area contributed by atoms with Gasteiger partial charge in [0.25, 0.3) is 5.91 Å². The van der Waals surface area contributed by atoms with Crippen LogP contribution < -0.4 is 5.32 Å². The van der Waals surface area contributed by atoms with Gasteiger partial charge in [0, 0.05) is 43.1 Å². The van der Waals surface area contributed by atoms with E-state index in [2.05, 4.69) is 29.5 Å². The molecule has 2 aliphatic rings. The van der Waals surface area contributed by atoms with Crippen molar-refractivity contribution in [1.82, 2.24) is 19.4 Å². The number of nitrogens with one attached hydrogen (secondary N) is 1. The summed E-state index contributed by atoms with van der Waals surface area (Å²) in [5, 5.41) is 8.03. The van der Waals surface area contributed by atoms with Crippen LogP contribution in [-0.4, -0.2) is 57.5 Å². The van der Waals surface area contributed by atoms with Crippen LogP contribution in [0.1, 0.15) is 60.0 Å². The summed E-state index contributed by atoms with van der Waals surface area (Å²) in [5.74, 6) is 1.09. The molecule has 2 aliphatic heterocycles. The number of urea groups is 1. The number of piperidine rings is 2. The molecule has 35 heavy (non-hydrogen) atoms. The molecule has 3 amide bonds. The Kier molecular flexibility index (Phi) is 6.69. The third-order valence-electron chi connectivity index (χ3n) is 7.54. The highest BCUT2D eigenvalue weighted by Gasteiger charge is 2.27. The molecule has 1 aromatic carbocycles. The highest BCUT2D eigenvalue weighted by molar-refractivity contribution is 6.31. The molecule has 184 valence electrons. The number of hydrogen-bond donors (Lipinski definition) is 1. The third kappa shape index (κ3) is 5.01. The first-order valence-corrected chi connectivity index (χ1v) is 12.9. The van der Waals surface area contributed by atoms with E-state index in [-0.39, 0.29) is 11.9 Å². The van der Waals surface area contributed by atoms with E-state index in [9.17, 15) is 9.59 Å². The molecule has 8 heteroatoms. The van der Waals surface area contributed by atoms with Crippen LogP contribution in [-0.2, 0) is 0 Å². The fourth-order valence-corrected chi connectivity index (χ4v) is 5.31. The molecule has 2 aromatic heterocycles. The number of benzene rings is 1. The van der Waals surface area contributed by atoms with Gasteiger partial charge in [-0.15, -0.1) is 0 Å². The predicted molar refractivity (Wildman–Crippen MR) is 138 cm³/mol. The zero-order chi connectivity index (χ0) is 24.5. The lowest BCUT2D eigenvalue weighted by Gasteiger charge is -2.32. The van der Waals surface area contributed by atoms with Gasteiger partial charge in [-0.05, 0) is 79.8 Å². The number of aryl methyl sites for hydroxylation is 1. The van der Waals surface area contributed by atoms with Crippen molar-refractivity contribution >= 4 is 34.7 Å². The Balaban J connectivity index is 1.25. The SMILES string of the molecule is Cc1ccc(Cl)cc1NC(=O)N1CCC(c2ccn3ncc(C(=O)N4CCC(C)CC4)c3c2)CC1. The maximum Gasteiger partial charge on any atom is 0.321 e. The van der Waals surface area contributed by atoms with E-state index < -0.39 is 0 Å².